The number of nitrogens with two attached hydrogens (primary N) is 1. The number of hydrogen-bond donors (Lipinski definition) is 2. The third-order valence-electron chi connectivity index (χ3n) is 2.40. The van der Waals surface area contributed by atoms with Crippen LogP contribution in [-0.2, 0) is 6.61 Å². The summed E-state index contributed by atoms with van der Waals surface area (Å²) < 4.78 is 6.53. The molecule has 0 amide bonds. The number of amidine groups is 1. The second-order valence-electron chi connectivity index (χ2n) is 3.81. The van der Waals surface area contributed by atoms with Crippen molar-refractivity contribution in [3.63, 3.8) is 0 Å². The standard InChI is InChI=1S/C13H12BrN3O2/c14-11-4-9(6-16-7-11)8-19-12-3-1-2-10(5-12)13(15)17-18/h1-7,18H,8H2,(H2,15,17). The van der Waals surface area contributed by atoms with Crippen molar-refractivity contribution in [1.29, 1.82) is 0 Å². The van der Waals surface area contributed by atoms with Crippen LogP contribution in [0.15, 0.2) is 52.4 Å². The predicted molar refractivity (Wildman–Crippen MR) is 75.2 cm³/mol. The maximum Gasteiger partial charge on any atom is 0.170 e. The molecule has 2 aromatic rings. The lowest BCUT2D eigenvalue weighted by molar-refractivity contribution is 0.305. The molecule has 5 nitrogen and oxygen atoms in total. The van der Waals surface area contributed by atoms with Crippen LogP contribution in [0.1, 0.15) is 11.1 Å². The van der Waals surface area contributed by atoms with Gasteiger partial charge in [0.15, 0.2) is 5.84 Å². The van der Waals surface area contributed by atoms with Crippen molar-refractivity contribution in [3.8, 4) is 5.75 Å². The summed E-state index contributed by atoms with van der Waals surface area (Å²) in [4.78, 5) is 4.06. The van der Waals surface area contributed by atoms with Crippen molar-refractivity contribution in [1.82, 2.24) is 4.98 Å². The average molecular weight is 322 g/mol. The average Bonchev–Trinajstić information content (AvgIpc) is 2.45. The van der Waals surface area contributed by atoms with E-state index in [1.165, 1.54) is 0 Å². The van der Waals surface area contributed by atoms with Crippen molar-refractivity contribution >= 4 is 21.8 Å². The number of pyridine rings is 1. The summed E-state index contributed by atoms with van der Waals surface area (Å²) in [5.74, 6) is 0.693. The van der Waals surface area contributed by atoms with E-state index < -0.39 is 0 Å². The lowest BCUT2D eigenvalue weighted by atomic mass is 10.2. The molecule has 0 atom stereocenters. The van der Waals surface area contributed by atoms with Crippen LogP contribution in [0.5, 0.6) is 5.75 Å². The highest BCUT2D eigenvalue weighted by molar-refractivity contribution is 9.10. The number of aromatic nitrogens is 1. The molecule has 0 aliphatic rings. The Balaban J connectivity index is 2.08. The van der Waals surface area contributed by atoms with Crippen molar-refractivity contribution in [3.05, 3.63) is 58.3 Å². The fourth-order valence-corrected chi connectivity index (χ4v) is 1.92. The minimum Gasteiger partial charge on any atom is -0.489 e. The number of ether oxygens (including phenoxy) is 1. The zero-order valence-electron chi connectivity index (χ0n) is 9.95. The quantitative estimate of drug-likeness (QED) is 0.392. The molecule has 1 aromatic heterocycles. The van der Waals surface area contributed by atoms with Gasteiger partial charge in [-0.3, -0.25) is 4.98 Å². The zero-order chi connectivity index (χ0) is 13.7. The Hall–Kier alpha value is -2.08. The molecule has 1 heterocycles. The molecule has 0 unspecified atom stereocenters. The molecule has 0 aliphatic heterocycles. The van der Waals surface area contributed by atoms with Crippen molar-refractivity contribution in [2.24, 2.45) is 10.9 Å². The highest BCUT2D eigenvalue weighted by Gasteiger charge is 2.02. The van der Waals surface area contributed by atoms with Crippen LogP contribution < -0.4 is 10.5 Å². The molecule has 1 aromatic carbocycles. The second-order valence-corrected chi connectivity index (χ2v) is 4.73. The van der Waals surface area contributed by atoms with Gasteiger partial charge in [-0.2, -0.15) is 0 Å². The number of rotatable bonds is 4. The molecule has 0 spiro atoms. The number of hydrogen-bond acceptors (Lipinski definition) is 4. The molecule has 6 heteroatoms. The molecule has 19 heavy (non-hydrogen) atoms. The number of nitrogens with zero attached hydrogens (tertiary/aromatic N) is 2. The van der Waals surface area contributed by atoms with E-state index in [1.807, 2.05) is 6.07 Å². The Bertz CT molecular complexity index is 602. The summed E-state index contributed by atoms with van der Waals surface area (Å²) >= 11 is 3.35. The van der Waals surface area contributed by atoms with Crippen LogP contribution in [0.4, 0.5) is 0 Å². The van der Waals surface area contributed by atoms with E-state index in [1.54, 1.807) is 36.7 Å². The summed E-state index contributed by atoms with van der Waals surface area (Å²) in [6.07, 6.45) is 3.45. The lowest BCUT2D eigenvalue weighted by Gasteiger charge is -2.07. The molecule has 98 valence electrons. The molecular weight excluding hydrogens is 310 g/mol. The molecule has 0 bridgehead atoms. The Labute approximate surface area is 118 Å². The Morgan fingerprint density at radius 1 is 1.37 bits per heavy atom. The summed E-state index contributed by atoms with van der Waals surface area (Å²) in [5.41, 5.74) is 7.07. The maximum absolute atomic E-state index is 8.63. The zero-order valence-corrected chi connectivity index (χ0v) is 11.5. The fourth-order valence-electron chi connectivity index (χ4n) is 1.50. The van der Waals surface area contributed by atoms with Crippen LogP contribution in [0.2, 0.25) is 0 Å². The van der Waals surface area contributed by atoms with Gasteiger partial charge in [0.05, 0.1) is 0 Å². The van der Waals surface area contributed by atoms with E-state index >= 15 is 0 Å². The van der Waals surface area contributed by atoms with Crippen LogP contribution in [-0.4, -0.2) is 16.0 Å². The van der Waals surface area contributed by atoms with Crippen molar-refractivity contribution in [2.45, 2.75) is 6.61 Å². The van der Waals surface area contributed by atoms with Gasteiger partial charge < -0.3 is 15.7 Å². The molecule has 0 aliphatic carbocycles. The predicted octanol–water partition coefficient (Wildman–Crippen LogP) is 2.52. The molecule has 0 saturated carbocycles. The van der Waals surface area contributed by atoms with Gasteiger partial charge in [-0.1, -0.05) is 17.3 Å². The van der Waals surface area contributed by atoms with Crippen LogP contribution in [0.3, 0.4) is 0 Å². The van der Waals surface area contributed by atoms with Crippen LogP contribution in [0.25, 0.3) is 0 Å². The summed E-state index contributed by atoms with van der Waals surface area (Å²) in [6.45, 7) is 0.395. The maximum atomic E-state index is 8.63. The van der Waals surface area contributed by atoms with Gasteiger partial charge in [-0.15, -0.1) is 0 Å². The first-order chi connectivity index (χ1) is 9.19. The van der Waals surface area contributed by atoms with E-state index in [-0.39, 0.29) is 5.84 Å². The first kappa shape index (κ1) is 13.4. The van der Waals surface area contributed by atoms with Gasteiger partial charge in [0.25, 0.3) is 0 Å². The van der Waals surface area contributed by atoms with Gasteiger partial charge in [-0.25, -0.2) is 0 Å². The third kappa shape index (κ3) is 3.69. The van der Waals surface area contributed by atoms with E-state index in [9.17, 15) is 0 Å². The van der Waals surface area contributed by atoms with Gasteiger partial charge in [0.2, 0.25) is 0 Å². The molecule has 3 N–H and O–H groups in total. The normalized spacial score (nSPS) is 11.3. The Kier molecular flexibility index (Phi) is 4.35. The minimum atomic E-state index is 0.0505. The first-order valence-corrected chi connectivity index (χ1v) is 6.28. The summed E-state index contributed by atoms with van der Waals surface area (Å²) in [5, 5.41) is 11.6. The fraction of sp³-hybridized carbons (Fsp3) is 0.0769. The van der Waals surface area contributed by atoms with Gasteiger partial charge in [-0.05, 0) is 34.1 Å². The Morgan fingerprint density at radius 2 is 2.21 bits per heavy atom. The third-order valence-corrected chi connectivity index (χ3v) is 2.84. The topological polar surface area (TPSA) is 80.7 Å². The SMILES string of the molecule is N/C(=N/O)c1cccc(OCc2cncc(Br)c2)c1. The van der Waals surface area contributed by atoms with Gasteiger partial charge in [0.1, 0.15) is 12.4 Å². The van der Waals surface area contributed by atoms with E-state index in [0.29, 0.717) is 17.9 Å². The van der Waals surface area contributed by atoms with Crippen molar-refractivity contribution < 1.29 is 9.94 Å². The van der Waals surface area contributed by atoms with E-state index in [0.717, 1.165) is 10.0 Å². The van der Waals surface area contributed by atoms with E-state index in [2.05, 4.69) is 26.1 Å². The largest absolute Gasteiger partial charge is 0.489 e. The second kappa shape index (κ2) is 6.19. The molecule has 2 rings (SSSR count). The molecule has 0 fully saturated rings. The Morgan fingerprint density at radius 3 is 2.95 bits per heavy atom. The minimum absolute atomic E-state index is 0.0505. The number of halogens is 1. The lowest BCUT2D eigenvalue weighted by Crippen LogP contribution is -2.12. The van der Waals surface area contributed by atoms with Crippen molar-refractivity contribution in [2.75, 3.05) is 0 Å². The van der Waals surface area contributed by atoms with Crippen LogP contribution in [0, 0.1) is 0 Å². The monoisotopic (exact) mass is 321 g/mol. The summed E-state index contributed by atoms with van der Waals surface area (Å²) in [7, 11) is 0. The number of oxime groups is 1. The molecule has 0 saturated heterocycles. The smallest absolute Gasteiger partial charge is 0.170 e. The number of benzene rings is 1. The molecular formula is C13H12BrN3O2. The van der Waals surface area contributed by atoms with Gasteiger partial charge in [0, 0.05) is 28.0 Å². The highest BCUT2D eigenvalue weighted by Crippen LogP contribution is 2.16. The highest BCUT2D eigenvalue weighted by atomic mass is 79.9. The van der Waals surface area contributed by atoms with Crippen LogP contribution >= 0.6 is 15.9 Å². The molecule has 0 radical (unpaired) electrons. The van der Waals surface area contributed by atoms with Gasteiger partial charge >= 0.3 is 0 Å². The summed E-state index contributed by atoms with van der Waals surface area (Å²) in [6, 6.07) is 8.96. The van der Waals surface area contributed by atoms with E-state index in [4.69, 9.17) is 15.7 Å². The first-order valence-electron chi connectivity index (χ1n) is 5.49.